The van der Waals surface area contributed by atoms with Crippen LogP contribution < -0.4 is 10.6 Å². The van der Waals surface area contributed by atoms with Crippen molar-refractivity contribution < 1.29 is 18.8 Å². The number of carbonyl (C=O) groups is 3. The minimum Gasteiger partial charge on any atom is -0.321 e. The van der Waals surface area contributed by atoms with Gasteiger partial charge >= 0.3 is 0 Å². The number of rotatable bonds is 8. The van der Waals surface area contributed by atoms with E-state index in [2.05, 4.69) is 10.6 Å². The standard InChI is InChI=1S/C31H20Cl3FN2O3/c32-22-12-9-21(26(34)18-22)17-28(37-30(39)20-5-2-1-3-6-20)31(40)36-23-13-10-19(11-14-23)29(38)16-15-24-25(33)7-4-8-27(24)35/h1-18H,(H,36,40)(H,37,39)/b16-15+,28-17-. The maximum absolute atomic E-state index is 14.0. The van der Waals surface area contributed by atoms with Crippen molar-refractivity contribution in [2.75, 3.05) is 5.32 Å². The first-order chi connectivity index (χ1) is 19.2. The minimum absolute atomic E-state index is 0.0667. The van der Waals surface area contributed by atoms with E-state index in [1.165, 1.54) is 66.8 Å². The molecule has 0 heterocycles. The summed E-state index contributed by atoms with van der Waals surface area (Å²) in [6.07, 6.45) is 3.96. The number of halogens is 4. The molecule has 0 fully saturated rings. The minimum atomic E-state index is -0.622. The molecular weight excluding hydrogens is 574 g/mol. The van der Waals surface area contributed by atoms with E-state index in [0.717, 1.165) is 0 Å². The van der Waals surface area contributed by atoms with Crippen LogP contribution >= 0.6 is 34.8 Å². The first kappa shape index (κ1) is 28.8. The Kier molecular flexibility index (Phi) is 9.51. The zero-order chi connectivity index (χ0) is 28.6. The summed E-state index contributed by atoms with van der Waals surface area (Å²) < 4.78 is 14.0. The van der Waals surface area contributed by atoms with Crippen LogP contribution in [0.15, 0.2) is 103 Å². The Bertz CT molecular complexity index is 1620. The lowest BCUT2D eigenvalue weighted by Gasteiger charge is -2.12. The molecule has 0 unspecified atom stereocenters. The van der Waals surface area contributed by atoms with Gasteiger partial charge in [-0.05, 0) is 84.5 Å². The molecule has 0 radical (unpaired) electrons. The van der Waals surface area contributed by atoms with Crippen LogP contribution in [0.5, 0.6) is 0 Å². The van der Waals surface area contributed by atoms with E-state index in [9.17, 15) is 18.8 Å². The second kappa shape index (κ2) is 13.2. The number of amides is 2. The number of nitrogens with one attached hydrogen (secondary N) is 2. The highest BCUT2D eigenvalue weighted by Gasteiger charge is 2.16. The SMILES string of the molecule is O=C(Nc1ccc(C(=O)/C=C/c2c(F)cccc2Cl)cc1)/C(=C/c1ccc(Cl)cc1Cl)NC(=O)c1ccccc1. The molecule has 2 amide bonds. The van der Waals surface area contributed by atoms with Crippen LogP contribution in [-0.2, 0) is 4.79 Å². The largest absolute Gasteiger partial charge is 0.321 e. The highest BCUT2D eigenvalue weighted by atomic mass is 35.5. The van der Waals surface area contributed by atoms with E-state index < -0.39 is 17.6 Å². The van der Waals surface area contributed by atoms with Crippen molar-refractivity contribution in [2.45, 2.75) is 0 Å². The summed E-state index contributed by atoms with van der Waals surface area (Å²) in [5.74, 6) is -2.04. The normalized spacial score (nSPS) is 11.3. The highest BCUT2D eigenvalue weighted by Crippen LogP contribution is 2.24. The van der Waals surface area contributed by atoms with E-state index in [-0.39, 0.29) is 22.1 Å². The van der Waals surface area contributed by atoms with E-state index in [1.54, 1.807) is 42.5 Å². The lowest BCUT2D eigenvalue weighted by Crippen LogP contribution is -2.30. The smallest absolute Gasteiger partial charge is 0.272 e. The average Bonchev–Trinajstić information content (AvgIpc) is 2.94. The molecule has 200 valence electrons. The van der Waals surface area contributed by atoms with E-state index in [4.69, 9.17) is 34.8 Å². The fourth-order valence-corrected chi connectivity index (χ4v) is 4.25. The fourth-order valence-electron chi connectivity index (χ4n) is 3.56. The second-order valence-electron chi connectivity index (χ2n) is 8.41. The Morgan fingerprint density at radius 1 is 0.750 bits per heavy atom. The molecule has 0 aromatic heterocycles. The zero-order valence-electron chi connectivity index (χ0n) is 20.6. The topological polar surface area (TPSA) is 75.3 Å². The summed E-state index contributed by atoms with van der Waals surface area (Å²) in [7, 11) is 0. The Hall–Kier alpha value is -4.23. The molecule has 0 aliphatic rings. The van der Waals surface area contributed by atoms with Gasteiger partial charge in [-0.25, -0.2) is 4.39 Å². The molecule has 5 nitrogen and oxygen atoms in total. The van der Waals surface area contributed by atoms with Gasteiger partial charge in [-0.2, -0.15) is 0 Å². The van der Waals surface area contributed by atoms with Crippen molar-refractivity contribution >= 4 is 70.2 Å². The third kappa shape index (κ3) is 7.45. The van der Waals surface area contributed by atoms with Crippen LogP contribution in [0.4, 0.5) is 10.1 Å². The number of ketones is 1. The van der Waals surface area contributed by atoms with Crippen LogP contribution in [0.1, 0.15) is 31.8 Å². The van der Waals surface area contributed by atoms with Gasteiger partial charge in [-0.1, -0.05) is 65.1 Å². The summed E-state index contributed by atoms with van der Waals surface area (Å²) in [5.41, 5.74) is 1.54. The molecule has 0 atom stereocenters. The van der Waals surface area contributed by atoms with Crippen LogP contribution in [0.2, 0.25) is 15.1 Å². The van der Waals surface area contributed by atoms with Gasteiger partial charge in [-0.15, -0.1) is 0 Å². The third-order valence-electron chi connectivity index (χ3n) is 5.62. The molecule has 4 aromatic rings. The van der Waals surface area contributed by atoms with E-state index in [1.807, 2.05) is 0 Å². The van der Waals surface area contributed by atoms with Gasteiger partial charge in [-0.3, -0.25) is 14.4 Å². The second-order valence-corrected chi connectivity index (χ2v) is 9.66. The molecule has 0 saturated heterocycles. The van der Waals surface area contributed by atoms with Crippen molar-refractivity contribution in [3.8, 4) is 0 Å². The van der Waals surface area contributed by atoms with Gasteiger partial charge in [0, 0.05) is 32.4 Å². The van der Waals surface area contributed by atoms with Gasteiger partial charge in [0.15, 0.2) is 5.78 Å². The molecule has 9 heteroatoms. The molecule has 0 aliphatic heterocycles. The first-order valence-electron chi connectivity index (χ1n) is 11.8. The van der Waals surface area contributed by atoms with E-state index >= 15 is 0 Å². The fraction of sp³-hybridized carbons (Fsp3) is 0. The number of anilines is 1. The average molecular weight is 594 g/mol. The predicted molar refractivity (Wildman–Crippen MR) is 158 cm³/mol. The Morgan fingerprint density at radius 3 is 2.15 bits per heavy atom. The van der Waals surface area contributed by atoms with Gasteiger partial charge in [0.05, 0.1) is 5.02 Å². The monoisotopic (exact) mass is 592 g/mol. The summed E-state index contributed by atoms with van der Waals surface area (Å²) in [4.78, 5) is 38.6. The van der Waals surface area contributed by atoms with Crippen molar-refractivity contribution in [3.63, 3.8) is 0 Å². The van der Waals surface area contributed by atoms with Gasteiger partial charge in [0.2, 0.25) is 0 Å². The summed E-state index contributed by atoms with van der Waals surface area (Å²) in [5, 5.41) is 6.23. The number of carbonyl (C=O) groups excluding carboxylic acids is 3. The van der Waals surface area contributed by atoms with Crippen molar-refractivity contribution in [3.05, 3.63) is 146 Å². The lowest BCUT2D eigenvalue weighted by atomic mass is 10.1. The molecule has 0 aliphatic carbocycles. The highest BCUT2D eigenvalue weighted by molar-refractivity contribution is 6.35. The van der Waals surface area contributed by atoms with Crippen molar-refractivity contribution in [1.82, 2.24) is 5.32 Å². The van der Waals surface area contributed by atoms with Crippen LogP contribution in [0.25, 0.3) is 12.2 Å². The van der Waals surface area contributed by atoms with Crippen LogP contribution in [0, 0.1) is 5.82 Å². The first-order valence-corrected chi connectivity index (χ1v) is 13.0. The molecule has 40 heavy (non-hydrogen) atoms. The van der Waals surface area contributed by atoms with Gasteiger partial charge in [0.1, 0.15) is 11.5 Å². The molecule has 4 rings (SSSR count). The maximum Gasteiger partial charge on any atom is 0.272 e. The van der Waals surface area contributed by atoms with Crippen molar-refractivity contribution in [1.29, 1.82) is 0 Å². The third-order valence-corrected chi connectivity index (χ3v) is 6.51. The number of hydrogen-bond acceptors (Lipinski definition) is 3. The number of allylic oxidation sites excluding steroid dienone is 1. The summed E-state index contributed by atoms with van der Waals surface area (Å²) >= 11 is 18.3. The Morgan fingerprint density at radius 2 is 1.48 bits per heavy atom. The lowest BCUT2D eigenvalue weighted by molar-refractivity contribution is -0.113. The number of hydrogen-bond donors (Lipinski definition) is 2. The van der Waals surface area contributed by atoms with Gasteiger partial charge < -0.3 is 10.6 Å². The molecule has 0 saturated carbocycles. The quantitative estimate of drug-likeness (QED) is 0.160. The Labute approximate surface area is 244 Å². The van der Waals surface area contributed by atoms with Gasteiger partial charge in [0.25, 0.3) is 11.8 Å². The molecular formula is C31H20Cl3FN2O3. The molecule has 0 bridgehead atoms. The van der Waals surface area contributed by atoms with Crippen molar-refractivity contribution in [2.24, 2.45) is 0 Å². The number of benzene rings is 4. The molecule has 4 aromatic carbocycles. The summed E-state index contributed by atoms with van der Waals surface area (Å²) in [6.45, 7) is 0. The zero-order valence-corrected chi connectivity index (χ0v) is 22.9. The summed E-state index contributed by atoms with van der Waals surface area (Å²) in [6, 6.07) is 23.5. The molecule has 2 N–H and O–H groups in total. The maximum atomic E-state index is 14.0. The van der Waals surface area contributed by atoms with Crippen LogP contribution in [0.3, 0.4) is 0 Å². The predicted octanol–water partition coefficient (Wildman–Crippen LogP) is 8.09. The van der Waals surface area contributed by atoms with Crippen LogP contribution in [-0.4, -0.2) is 17.6 Å². The molecule has 0 spiro atoms. The van der Waals surface area contributed by atoms with E-state index in [0.29, 0.717) is 32.4 Å². The Balaban J connectivity index is 1.53.